The maximum Gasteiger partial charge on any atom is 0.417 e. The van der Waals surface area contributed by atoms with Crippen molar-refractivity contribution < 1.29 is 27.5 Å². The Morgan fingerprint density at radius 1 is 1.18 bits per heavy atom. The van der Waals surface area contributed by atoms with E-state index in [-0.39, 0.29) is 29.2 Å². The van der Waals surface area contributed by atoms with Gasteiger partial charge < -0.3 is 20.8 Å². The number of ether oxygens (including phenoxy) is 1. The minimum absolute atomic E-state index is 0.0151. The van der Waals surface area contributed by atoms with Crippen LogP contribution in [0.5, 0.6) is 0 Å². The Balaban J connectivity index is 1.62. The third kappa shape index (κ3) is 4.67. The molecule has 34 heavy (non-hydrogen) atoms. The highest BCUT2D eigenvalue weighted by atomic mass is 19.4. The number of nitrogens with two attached hydrogens (primary N) is 1. The lowest BCUT2D eigenvalue weighted by atomic mass is 9.93. The summed E-state index contributed by atoms with van der Waals surface area (Å²) < 4.78 is 45.3. The smallest absolute Gasteiger partial charge is 0.417 e. The van der Waals surface area contributed by atoms with Gasteiger partial charge in [0.15, 0.2) is 0 Å². The molecule has 7 nitrogen and oxygen atoms in total. The van der Waals surface area contributed by atoms with Gasteiger partial charge in [-0.1, -0.05) is 30.3 Å². The fraction of sp³-hybridized carbons (Fsp3) is 0.292. The van der Waals surface area contributed by atoms with Crippen molar-refractivity contribution in [2.75, 3.05) is 6.61 Å². The van der Waals surface area contributed by atoms with E-state index in [1.807, 2.05) is 0 Å². The number of carbonyl (C=O) groups is 2. The van der Waals surface area contributed by atoms with Gasteiger partial charge in [-0.15, -0.1) is 0 Å². The summed E-state index contributed by atoms with van der Waals surface area (Å²) in [6.45, 7) is 1.48. The summed E-state index contributed by atoms with van der Waals surface area (Å²) in [5, 5.41) is 3.46. The summed E-state index contributed by atoms with van der Waals surface area (Å²) in [6.07, 6.45) is -4.22. The van der Waals surface area contributed by atoms with Crippen molar-refractivity contribution in [1.82, 2.24) is 10.3 Å². The number of hydrogen-bond donors (Lipinski definition) is 3. The minimum atomic E-state index is -4.57. The molecule has 0 radical (unpaired) electrons. The maximum absolute atomic E-state index is 13.4. The van der Waals surface area contributed by atoms with E-state index in [1.165, 1.54) is 31.2 Å². The highest BCUT2D eigenvalue weighted by Crippen LogP contribution is 2.37. The van der Waals surface area contributed by atoms with Gasteiger partial charge in [0, 0.05) is 16.6 Å². The topological polar surface area (TPSA) is 114 Å². The number of halogens is 3. The van der Waals surface area contributed by atoms with Crippen LogP contribution >= 0.6 is 0 Å². The fourth-order valence-corrected chi connectivity index (χ4v) is 4.07. The summed E-state index contributed by atoms with van der Waals surface area (Å²) in [6, 6.07) is 10.2. The monoisotopic (exact) mass is 473 g/mol. The van der Waals surface area contributed by atoms with Gasteiger partial charge in [-0.2, -0.15) is 13.2 Å². The lowest BCUT2D eigenvalue weighted by Gasteiger charge is -2.14. The molecule has 1 aromatic heterocycles. The largest absolute Gasteiger partial charge is 0.462 e. The normalized spacial score (nSPS) is 19.1. The number of carbonyl (C=O) groups excluding carboxylic acids is 2. The van der Waals surface area contributed by atoms with Crippen molar-refractivity contribution in [2.24, 2.45) is 5.73 Å². The number of amides is 1. The van der Waals surface area contributed by atoms with Crippen molar-refractivity contribution in [3.05, 3.63) is 70.0 Å². The molecule has 0 saturated carbocycles. The molecular weight excluding hydrogens is 451 g/mol. The molecule has 4 rings (SSSR count). The second-order valence-corrected chi connectivity index (χ2v) is 8.31. The molecule has 2 heterocycles. The average Bonchev–Trinajstić information content (AvgIpc) is 3.17. The molecule has 1 amide bonds. The summed E-state index contributed by atoms with van der Waals surface area (Å²) in [5.74, 6) is -1.40. The summed E-state index contributed by atoms with van der Waals surface area (Å²) in [4.78, 5) is 39.4. The van der Waals surface area contributed by atoms with Crippen LogP contribution in [-0.2, 0) is 20.5 Å². The second kappa shape index (κ2) is 8.94. The van der Waals surface area contributed by atoms with E-state index >= 15 is 0 Å². The number of hydrogen-bond acceptors (Lipinski definition) is 5. The number of pyridine rings is 1. The van der Waals surface area contributed by atoms with E-state index in [2.05, 4.69) is 10.3 Å². The van der Waals surface area contributed by atoms with E-state index in [4.69, 9.17) is 10.5 Å². The maximum atomic E-state index is 13.4. The first-order valence-corrected chi connectivity index (χ1v) is 10.6. The molecule has 4 N–H and O–H groups in total. The van der Waals surface area contributed by atoms with Crippen LogP contribution in [-0.4, -0.2) is 35.6 Å². The van der Waals surface area contributed by atoms with E-state index in [0.717, 1.165) is 6.07 Å². The van der Waals surface area contributed by atoms with Gasteiger partial charge in [-0.05, 0) is 42.5 Å². The number of aromatic amines is 1. The molecule has 0 spiro atoms. The zero-order valence-electron chi connectivity index (χ0n) is 18.1. The van der Waals surface area contributed by atoms with E-state index < -0.39 is 41.3 Å². The van der Waals surface area contributed by atoms with Crippen LogP contribution in [0.3, 0.4) is 0 Å². The molecular formula is C24H22F3N3O4. The third-order valence-electron chi connectivity index (χ3n) is 5.78. The lowest BCUT2D eigenvalue weighted by Crippen LogP contribution is -2.35. The number of H-pyrrole nitrogens is 1. The highest BCUT2D eigenvalue weighted by molar-refractivity contribution is 5.90. The quantitative estimate of drug-likeness (QED) is 0.493. The number of nitrogens with one attached hydrogen (secondary N) is 2. The van der Waals surface area contributed by atoms with Crippen LogP contribution < -0.4 is 16.6 Å². The molecule has 0 aliphatic carbocycles. The lowest BCUT2D eigenvalue weighted by molar-refractivity contribution is -0.145. The fourth-order valence-electron chi connectivity index (χ4n) is 4.07. The van der Waals surface area contributed by atoms with Gasteiger partial charge in [-0.25, -0.2) is 0 Å². The molecule has 2 aromatic carbocycles. The van der Waals surface area contributed by atoms with Gasteiger partial charge in [0.25, 0.3) is 5.56 Å². The Morgan fingerprint density at radius 2 is 1.91 bits per heavy atom. The number of esters is 1. The molecule has 3 atom stereocenters. The molecule has 0 bridgehead atoms. The van der Waals surface area contributed by atoms with Crippen LogP contribution in [0.1, 0.15) is 30.4 Å². The number of alkyl halides is 3. The zero-order valence-corrected chi connectivity index (χ0v) is 18.1. The van der Waals surface area contributed by atoms with Crippen molar-refractivity contribution >= 4 is 22.6 Å². The molecule has 1 saturated heterocycles. The Kier molecular flexibility index (Phi) is 6.18. The van der Waals surface area contributed by atoms with Crippen LogP contribution in [0, 0.1) is 0 Å². The summed E-state index contributed by atoms with van der Waals surface area (Å²) >= 11 is 0. The predicted molar refractivity (Wildman–Crippen MR) is 119 cm³/mol. The predicted octanol–water partition coefficient (Wildman–Crippen LogP) is 3.08. The number of fused-ring (bicyclic) bond motifs is 1. The van der Waals surface area contributed by atoms with Crippen LogP contribution in [0.25, 0.3) is 22.0 Å². The summed E-state index contributed by atoms with van der Waals surface area (Å²) in [5.41, 5.74) is 4.56. The molecule has 1 aliphatic heterocycles. The Morgan fingerprint density at radius 3 is 2.62 bits per heavy atom. The molecule has 178 valence electrons. The Hall–Kier alpha value is -3.66. The third-order valence-corrected chi connectivity index (χ3v) is 5.78. The van der Waals surface area contributed by atoms with Crippen molar-refractivity contribution in [1.29, 1.82) is 0 Å². The molecule has 1 aliphatic rings. The highest BCUT2D eigenvalue weighted by Gasteiger charge is 2.35. The molecule has 10 heteroatoms. The van der Waals surface area contributed by atoms with Gasteiger partial charge in [0.05, 0.1) is 17.5 Å². The first-order valence-electron chi connectivity index (χ1n) is 10.6. The number of benzene rings is 2. The molecule has 0 unspecified atom stereocenters. The van der Waals surface area contributed by atoms with Gasteiger partial charge in [-0.3, -0.25) is 14.4 Å². The van der Waals surface area contributed by atoms with Crippen molar-refractivity contribution in [3.8, 4) is 11.3 Å². The Labute approximate surface area is 192 Å². The summed E-state index contributed by atoms with van der Waals surface area (Å²) in [7, 11) is 0. The molecule has 1 fully saturated rings. The van der Waals surface area contributed by atoms with Crippen molar-refractivity contribution in [3.63, 3.8) is 0 Å². The Bertz CT molecular complexity index is 1320. The van der Waals surface area contributed by atoms with E-state index in [1.54, 1.807) is 18.2 Å². The van der Waals surface area contributed by atoms with Crippen LogP contribution in [0.2, 0.25) is 0 Å². The van der Waals surface area contributed by atoms with Gasteiger partial charge in [0.2, 0.25) is 5.91 Å². The zero-order chi connectivity index (χ0) is 24.6. The van der Waals surface area contributed by atoms with Gasteiger partial charge >= 0.3 is 12.1 Å². The first-order chi connectivity index (χ1) is 16.0. The van der Waals surface area contributed by atoms with E-state index in [9.17, 15) is 27.6 Å². The van der Waals surface area contributed by atoms with Gasteiger partial charge in [0.1, 0.15) is 12.6 Å². The number of aromatic nitrogens is 1. The molecule has 3 aromatic rings. The van der Waals surface area contributed by atoms with Crippen LogP contribution in [0.4, 0.5) is 13.2 Å². The second-order valence-electron chi connectivity index (χ2n) is 8.31. The number of rotatable bonds is 5. The van der Waals surface area contributed by atoms with Crippen molar-refractivity contribution in [2.45, 2.75) is 37.5 Å². The van der Waals surface area contributed by atoms with E-state index in [0.29, 0.717) is 17.4 Å². The standard InChI is InChI=1S/C24H22F3N3O4/c1-12(28)23(33)34-11-15-10-18(21(31)29-15)13-6-7-14-9-20(30-22(32)17(14)8-13)16-4-2-3-5-19(16)24(25,26)27/h2-9,12,15,18H,10-11,28H2,1H3,(H,29,31)(H,30,32)/t12-,15+,18+/m0/s1. The first kappa shape index (κ1) is 23.5. The SMILES string of the molecule is C[C@H](N)C(=O)OC[C@H]1C[C@H](c2ccc3cc(-c4ccccc4C(F)(F)F)[nH]c(=O)c3c2)C(=O)N1. The van der Waals surface area contributed by atoms with Crippen LogP contribution in [0.15, 0.2) is 53.3 Å². The minimum Gasteiger partial charge on any atom is -0.462 e. The average molecular weight is 473 g/mol.